The Morgan fingerprint density at radius 1 is 1.14 bits per heavy atom. The van der Waals surface area contributed by atoms with Gasteiger partial charge < -0.3 is 19.9 Å². The van der Waals surface area contributed by atoms with Crippen LogP contribution in [0.25, 0.3) is 0 Å². The number of nitrogens with one attached hydrogen (secondary N) is 1. The van der Waals surface area contributed by atoms with Crippen molar-refractivity contribution >= 4 is 35.1 Å². The first-order valence-electron chi connectivity index (χ1n) is 12.5. The van der Waals surface area contributed by atoms with Crippen molar-refractivity contribution in [3.63, 3.8) is 0 Å². The predicted molar refractivity (Wildman–Crippen MR) is 147 cm³/mol. The van der Waals surface area contributed by atoms with E-state index in [1.54, 1.807) is 30.0 Å². The molecule has 0 saturated carbocycles. The van der Waals surface area contributed by atoms with E-state index in [-0.39, 0.29) is 17.5 Å². The summed E-state index contributed by atoms with van der Waals surface area (Å²) in [7, 11) is 0. The third-order valence-electron chi connectivity index (χ3n) is 6.67. The van der Waals surface area contributed by atoms with Crippen molar-refractivity contribution in [2.24, 2.45) is 0 Å². The number of ether oxygens (including phenoxy) is 2. The molecule has 6 nitrogen and oxygen atoms in total. The van der Waals surface area contributed by atoms with Crippen molar-refractivity contribution < 1.29 is 24.2 Å². The third kappa shape index (κ3) is 5.99. The molecule has 1 aliphatic heterocycles. The summed E-state index contributed by atoms with van der Waals surface area (Å²) in [6.45, 7) is 6.40. The van der Waals surface area contributed by atoms with Gasteiger partial charge in [0.15, 0.2) is 17.3 Å². The molecule has 2 N–H and O–H groups in total. The summed E-state index contributed by atoms with van der Waals surface area (Å²) >= 11 is 7.77. The van der Waals surface area contributed by atoms with Crippen LogP contribution in [0.5, 0.6) is 11.5 Å². The number of thioether (sulfide) groups is 1. The molecule has 0 bridgehead atoms. The third-order valence-corrected chi connectivity index (χ3v) is 7.79. The molecule has 0 radical (unpaired) electrons. The molecular formula is C29H32ClNO5S. The average Bonchev–Trinajstić information content (AvgIpc) is 2.87. The number of Topliss-reactive ketones (excluding diaryl/α,β-unsaturated/α-hetero) is 1. The van der Waals surface area contributed by atoms with E-state index >= 15 is 0 Å². The molecule has 0 spiro atoms. The number of carbonyl (C=O) groups excluding carboxylic acids is 2. The number of phenolic OH excluding ortho intramolecular Hbond substituents is 1. The van der Waals surface area contributed by atoms with Crippen LogP contribution < -0.4 is 10.1 Å². The molecule has 8 heteroatoms. The Balaban J connectivity index is 1.75. The zero-order valence-electron chi connectivity index (χ0n) is 21.3. The number of phenols is 1. The molecule has 0 unspecified atom stereocenters. The van der Waals surface area contributed by atoms with E-state index in [9.17, 15) is 14.7 Å². The lowest BCUT2D eigenvalue weighted by Gasteiger charge is -2.36. The van der Waals surface area contributed by atoms with Crippen LogP contribution in [0.2, 0.25) is 5.02 Å². The van der Waals surface area contributed by atoms with Crippen molar-refractivity contribution in [3.8, 4) is 11.5 Å². The van der Waals surface area contributed by atoms with Crippen LogP contribution in [0.3, 0.4) is 0 Å². The van der Waals surface area contributed by atoms with Crippen molar-refractivity contribution in [1.29, 1.82) is 0 Å². The van der Waals surface area contributed by atoms with Crippen molar-refractivity contribution in [1.82, 2.24) is 5.32 Å². The van der Waals surface area contributed by atoms with Crippen LogP contribution in [0.4, 0.5) is 0 Å². The summed E-state index contributed by atoms with van der Waals surface area (Å²) in [6, 6.07) is 12.6. The normalized spacial score (nSPS) is 19.4. The molecule has 2 aromatic rings. The van der Waals surface area contributed by atoms with Gasteiger partial charge in [-0.3, -0.25) is 4.79 Å². The molecule has 2 atom stereocenters. The van der Waals surface area contributed by atoms with E-state index in [4.69, 9.17) is 21.1 Å². The highest BCUT2D eigenvalue weighted by Gasteiger charge is 2.41. The fourth-order valence-electron chi connectivity index (χ4n) is 5.01. The number of ketones is 1. The molecule has 0 aromatic heterocycles. The van der Waals surface area contributed by atoms with E-state index < -0.39 is 11.9 Å². The van der Waals surface area contributed by atoms with Crippen LogP contribution in [0.1, 0.15) is 56.6 Å². The lowest BCUT2D eigenvalue weighted by molar-refractivity contribution is -0.138. The Labute approximate surface area is 227 Å². The number of rotatable bonds is 9. The van der Waals surface area contributed by atoms with E-state index in [0.29, 0.717) is 65.0 Å². The Hall–Kier alpha value is -2.90. The summed E-state index contributed by atoms with van der Waals surface area (Å²) < 4.78 is 11.3. The quantitative estimate of drug-likeness (QED) is 0.293. The van der Waals surface area contributed by atoms with Crippen LogP contribution in [-0.2, 0) is 14.3 Å². The monoisotopic (exact) mass is 541 g/mol. The SMILES string of the molecule is CCOc1cc([C@H]2C(C(=O)OCCSCC)=C(C)NC3=C2C(=O)C[C@H](c2ccc(Cl)cc2)C3)ccc1O. The fraction of sp³-hybridized carbons (Fsp3) is 0.379. The molecule has 2 aromatic carbocycles. The second kappa shape index (κ2) is 12.1. The van der Waals surface area contributed by atoms with Gasteiger partial charge in [-0.1, -0.05) is 36.7 Å². The van der Waals surface area contributed by atoms with Gasteiger partial charge in [0.05, 0.1) is 12.2 Å². The minimum atomic E-state index is -0.624. The standard InChI is InChI=1S/C29H32ClNO5S/c1-4-35-25-16-19(8-11-23(25)32)27-26(29(34)36-12-13-37-5-2)17(3)31-22-14-20(15-24(33)28(22)27)18-6-9-21(30)10-7-18/h6-11,16,20,27,31-32H,4-5,12-15H2,1-3H3/t20-,27+/m1/s1. The van der Waals surface area contributed by atoms with E-state index in [1.165, 1.54) is 0 Å². The maximum absolute atomic E-state index is 13.7. The molecule has 1 aliphatic carbocycles. The van der Waals surface area contributed by atoms with Crippen LogP contribution in [-0.4, -0.2) is 41.6 Å². The summed E-state index contributed by atoms with van der Waals surface area (Å²) in [5.41, 5.74) is 4.19. The first-order valence-corrected chi connectivity index (χ1v) is 14.1. The lowest BCUT2D eigenvalue weighted by atomic mass is 9.71. The molecule has 4 rings (SSSR count). The number of allylic oxidation sites excluding steroid dienone is 3. The molecular weight excluding hydrogens is 510 g/mol. The highest BCUT2D eigenvalue weighted by atomic mass is 35.5. The number of hydrogen-bond acceptors (Lipinski definition) is 7. The van der Waals surface area contributed by atoms with Gasteiger partial charge in [0.25, 0.3) is 0 Å². The molecule has 0 saturated heterocycles. The van der Waals surface area contributed by atoms with Crippen LogP contribution >= 0.6 is 23.4 Å². The van der Waals surface area contributed by atoms with Gasteiger partial charge in [0, 0.05) is 40.1 Å². The molecule has 37 heavy (non-hydrogen) atoms. The van der Waals surface area contributed by atoms with Gasteiger partial charge in [-0.15, -0.1) is 0 Å². The summed E-state index contributed by atoms with van der Waals surface area (Å²) in [6.07, 6.45) is 0.950. The van der Waals surface area contributed by atoms with E-state index in [1.807, 2.05) is 38.1 Å². The Morgan fingerprint density at radius 2 is 1.86 bits per heavy atom. The first kappa shape index (κ1) is 27.1. The topological polar surface area (TPSA) is 84.9 Å². The number of halogens is 1. The predicted octanol–water partition coefficient (Wildman–Crippen LogP) is 6.10. The average molecular weight is 542 g/mol. The number of aromatic hydroxyl groups is 1. The maximum atomic E-state index is 13.7. The van der Waals surface area contributed by atoms with Gasteiger partial charge in [-0.2, -0.15) is 11.8 Å². The number of hydrogen-bond donors (Lipinski definition) is 2. The van der Waals surface area contributed by atoms with Crippen molar-refractivity contribution in [3.05, 3.63) is 81.2 Å². The number of esters is 1. The van der Waals surface area contributed by atoms with Crippen molar-refractivity contribution in [2.75, 3.05) is 24.7 Å². The number of carbonyl (C=O) groups is 2. The van der Waals surface area contributed by atoms with Gasteiger partial charge in [-0.05, 0) is 67.3 Å². The van der Waals surface area contributed by atoms with Crippen molar-refractivity contribution in [2.45, 2.75) is 45.4 Å². The number of benzene rings is 2. The zero-order chi connectivity index (χ0) is 26.5. The van der Waals surface area contributed by atoms with Crippen LogP contribution in [0, 0.1) is 0 Å². The Morgan fingerprint density at radius 3 is 2.57 bits per heavy atom. The smallest absolute Gasteiger partial charge is 0.336 e. The molecule has 0 fully saturated rings. The second-order valence-corrected chi connectivity index (χ2v) is 10.9. The van der Waals surface area contributed by atoms with Gasteiger partial charge in [-0.25, -0.2) is 4.79 Å². The number of dihydropyridines is 1. The van der Waals surface area contributed by atoms with Gasteiger partial charge in [0.1, 0.15) is 6.61 Å². The fourth-order valence-corrected chi connectivity index (χ4v) is 5.63. The van der Waals surface area contributed by atoms with Gasteiger partial charge >= 0.3 is 5.97 Å². The minimum absolute atomic E-state index is 0.00263. The highest BCUT2D eigenvalue weighted by Crippen LogP contribution is 2.47. The molecule has 0 amide bonds. The molecule has 1 heterocycles. The minimum Gasteiger partial charge on any atom is -0.504 e. The maximum Gasteiger partial charge on any atom is 0.336 e. The first-order chi connectivity index (χ1) is 17.8. The van der Waals surface area contributed by atoms with E-state index in [2.05, 4.69) is 12.2 Å². The second-order valence-electron chi connectivity index (χ2n) is 9.06. The largest absolute Gasteiger partial charge is 0.504 e. The Kier molecular flexibility index (Phi) is 8.87. The van der Waals surface area contributed by atoms with Gasteiger partial charge in [0.2, 0.25) is 0 Å². The highest BCUT2D eigenvalue weighted by molar-refractivity contribution is 7.99. The lowest BCUT2D eigenvalue weighted by Crippen LogP contribution is -2.36. The van der Waals surface area contributed by atoms with E-state index in [0.717, 1.165) is 17.0 Å². The Bertz CT molecular complexity index is 1240. The van der Waals surface area contributed by atoms with Crippen LogP contribution in [0.15, 0.2) is 65.0 Å². The zero-order valence-corrected chi connectivity index (χ0v) is 22.9. The molecule has 2 aliphatic rings. The summed E-state index contributed by atoms with van der Waals surface area (Å²) in [5.74, 6) is 0.873. The molecule has 196 valence electrons. The summed E-state index contributed by atoms with van der Waals surface area (Å²) in [5, 5.41) is 14.3. The summed E-state index contributed by atoms with van der Waals surface area (Å²) in [4.78, 5) is 27.1.